The molecule has 2 aromatic rings. The molecule has 0 radical (unpaired) electrons. The molecule has 10 heteroatoms. The molecule has 0 unspecified atom stereocenters. The fraction of sp³-hybridized carbons (Fsp3) is 0.500. The summed E-state index contributed by atoms with van der Waals surface area (Å²) in [6, 6.07) is 18.2. The lowest BCUT2D eigenvalue weighted by Gasteiger charge is -2.31. The molecule has 0 aromatic heterocycles. The molecule has 34 heavy (non-hydrogen) atoms. The summed E-state index contributed by atoms with van der Waals surface area (Å²) in [5.74, 6) is -0.323. The Morgan fingerprint density at radius 2 is 1.15 bits per heavy atom. The van der Waals surface area contributed by atoms with Crippen LogP contribution in [0.25, 0.3) is 0 Å². The highest BCUT2D eigenvalue weighted by Crippen LogP contribution is 2.19. The first-order valence-corrected chi connectivity index (χ1v) is 15.4. The summed E-state index contributed by atoms with van der Waals surface area (Å²) < 4.78 is 56.1. The van der Waals surface area contributed by atoms with E-state index >= 15 is 0 Å². The molecular formula is C24H34ClN3O4S2. The molecule has 0 bridgehead atoms. The molecule has 0 atom stereocenters. The van der Waals surface area contributed by atoms with Crippen molar-refractivity contribution in [2.24, 2.45) is 5.92 Å². The smallest absolute Gasteiger partial charge is 0.218 e. The van der Waals surface area contributed by atoms with E-state index in [1.54, 1.807) is 24.3 Å². The second-order valence-corrected chi connectivity index (χ2v) is 12.9. The second kappa shape index (κ2) is 13.0. The summed E-state index contributed by atoms with van der Waals surface area (Å²) >= 11 is 6.27. The lowest BCUT2D eigenvalue weighted by molar-refractivity contribution is 0.289. The van der Waals surface area contributed by atoms with E-state index in [2.05, 4.69) is 5.32 Å². The Hall–Kier alpha value is -1.49. The predicted molar refractivity (Wildman–Crippen MR) is 138 cm³/mol. The van der Waals surface area contributed by atoms with E-state index in [4.69, 9.17) is 11.6 Å². The van der Waals surface area contributed by atoms with Gasteiger partial charge in [0.2, 0.25) is 20.0 Å². The minimum Gasteiger partial charge on any atom is -0.317 e. The second-order valence-electron chi connectivity index (χ2n) is 8.68. The van der Waals surface area contributed by atoms with Crippen molar-refractivity contribution in [3.8, 4) is 0 Å². The molecule has 188 valence electrons. The zero-order chi connectivity index (χ0) is 24.4. The van der Waals surface area contributed by atoms with E-state index < -0.39 is 20.0 Å². The lowest BCUT2D eigenvalue weighted by atomic mass is 10.1. The summed E-state index contributed by atoms with van der Waals surface area (Å²) in [6.07, 6.45) is 1.36. The van der Waals surface area contributed by atoms with E-state index in [0.29, 0.717) is 39.0 Å². The van der Waals surface area contributed by atoms with Gasteiger partial charge in [-0.3, -0.25) is 0 Å². The number of hydrogen-bond acceptors (Lipinski definition) is 5. The number of nitrogens with zero attached hydrogens (tertiary/aromatic N) is 2. The van der Waals surface area contributed by atoms with E-state index in [0.717, 1.165) is 11.1 Å². The first-order valence-electron chi connectivity index (χ1n) is 11.6. The first-order chi connectivity index (χ1) is 16.3. The average molecular weight is 528 g/mol. The van der Waals surface area contributed by atoms with Crippen LogP contribution in [0, 0.1) is 5.92 Å². The molecule has 1 aliphatic heterocycles. The van der Waals surface area contributed by atoms with Crippen molar-refractivity contribution < 1.29 is 16.8 Å². The summed E-state index contributed by atoms with van der Waals surface area (Å²) in [5, 5.41) is 3.30. The van der Waals surface area contributed by atoms with Crippen LogP contribution in [-0.2, 0) is 31.6 Å². The lowest BCUT2D eigenvalue weighted by Crippen LogP contribution is -2.45. The summed E-state index contributed by atoms with van der Waals surface area (Å²) in [6.45, 7) is 2.45. The fourth-order valence-corrected chi connectivity index (χ4v) is 7.54. The van der Waals surface area contributed by atoms with Gasteiger partial charge in [0, 0.05) is 38.0 Å². The Balaban J connectivity index is 1.79. The number of rotatable bonds is 7. The Morgan fingerprint density at radius 1 is 0.735 bits per heavy atom. The number of hydrogen-bond donors (Lipinski definition) is 1. The number of benzene rings is 2. The monoisotopic (exact) mass is 527 g/mol. The SMILES string of the molecule is O=S(=O)(Cc1ccccc1)N1CCCNCCCN(S(=O)(=O)Cc2ccccc2)CC(CCl)C1. The third-order valence-electron chi connectivity index (χ3n) is 5.83. The van der Waals surface area contributed by atoms with Crippen LogP contribution < -0.4 is 5.32 Å². The summed E-state index contributed by atoms with van der Waals surface area (Å²) in [4.78, 5) is 0. The minimum absolute atomic E-state index is 0.0910. The largest absolute Gasteiger partial charge is 0.317 e. The number of halogens is 1. The molecule has 1 N–H and O–H groups in total. The summed E-state index contributed by atoms with van der Waals surface area (Å²) in [7, 11) is -7.18. The van der Waals surface area contributed by atoms with Crippen LogP contribution in [0.1, 0.15) is 24.0 Å². The molecule has 0 saturated carbocycles. The van der Waals surface area contributed by atoms with Crippen molar-refractivity contribution in [1.82, 2.24) is 13.9 Å². The van der Waals surface area contributed by atoms with Gasteiger partial charge < -0.3 is 5.32 Å². The van der Waals surface area contributed by atoms with Crippen LogP contribution in [0.5, 0.6) is 0 Å². The van der Waals surface area contributed by atoms with E-state index in [9.17, 15) is 16.8 Å². The minimum atomic E-state index is -3.59. The molecule has 1 fully saturated rings. The Kier molecular flexibility index (Phi) is 10.4. The molecular weight excluding hydrogens is 494 g/mol. The zero-order valence-electron chi connectivity index (χ0n) is 19.4. The molecule has 0 amide bonds. The van der Waals surface area contributed by atoms with Gasteiger partial charge in [0.05, 0.1) is 11.5 Å². The number of nitrogens with one attached hydrogen (secondary N) is 1. The van der Waals surface area contributed by atoms with Gasteiger partial charge >= 0.3 is 0 Å². The van der Waals surface area contributed by atoms with Crippen LogP contribution in [0.15, 0.2) is 60.7 Å². The van der Waals surface area contributed by atoms with E-state index in [1.165, 1.54) is 8.61 Å². The fourth-order valence-electron chi connectivity index (χ4n) is 4.06. The predicted octanol–water partition coefficient (Wildman–Crippen LogP) is 2.89. The van der Waals surface area contributed by atoms with Crippen LogP contribution in [0.3, 0.4) is 0 Å². The molecule has 1 heterocycles. The molecule has 0 spiro atoms. The van der Waals surface area contributed by atoms with Crippen LogP contribution in [0.2, 0.25) is 0 Å². The van der Waals surface area contributed by atoms with E-state index in [1.807, 2.05) is 36.4 Å². The van der Waals surface area contributed by atoms with E-state index in [-0.39, 0.29) is 36.4 Å². The molecule has 1 aliphatic rings. The van der Waals surface area contributed by atoms with Gasteiger partial charge in [-0.1, -0.05) is 60.7 Å². The number of sulfonamides is 2. The third-order valence-corrected chi connectivity index (χ3v) is 9.90. The van der Waals surface area contributed by atoms with Gasteiger partial charge in [-0.25, -0.2) is 25.4 Å². The van der Waals surface area contributed by atoms with Gasteiger partial charge in [0.15, 0.2) is 0 Å². The van der Waals surface area contributed by atoms with Gasteiger partial charge in [-0.2, -0.15) is 0 Å². The van der Waals surface area contributed by atoms with Gasteiger partial charge in [0.25, 0.3) is 0 Å². The maximum Gasteiger partial charge on any atom is 0.218 e. The van der Waals surface area contributed by atoms with Crippen LogP contribution in [0.4, 0.5) is 0 Å². The summed E-state index contributed by atoms with van der Waals surface area (Å²) in [5.41, 5.74) is 1.45. The van der Waals surface area contributed by atoms with Crippen molar-refractivity contribution in [3.63, 3.8) is 0 Å². The highest BCUT2D eigenvalue weighted by Gasteiger charge is 2.30. The first kappa shape index (κ1) is 27.1. The highest BCUT2D eigenvalue weighted by atomic mass is 35.5. The van der Waals surface area contributed by atoms with Gasteiger partial charge in [0.1, 0.15) is 0 Å². The van der Waals surface area contributed by atoms with Crippen molar-refractivity contribution in [3.05, 3.63) is 71.8 Å². The highest BCUT2D eigenvalue weighted by molar-refractivity contribution is 7.88. The Labute approximate surface area is 209 Å². The molecule has 0 aliphatic carbocycles. The molecule has 2 aromatic carbocycles. The van der Waals surface area contributed by atoms with Crippen molar-refractivity contribution in [2.75, 3.05) is 45.1 Å². The molecule has 1 saturated heterocycles. The maximum absolute atomic E-state index is 13.3. The molecule has 3 rings (SSSR count). The Morgan fingerprint density at radius 3 is 1.53 bits per heavy atom. The van der Waals surface area contributed by atoms with Gasteiger partial charge in [-0.05, 0) is 37.1 Å². The van der Waals surface area contributed by atoms with Crippen molar-refractivity contribution >= 4 is 31.6 Å². The van der Waals surface area contributed by atoms with Crippen molar-refractivity contribution in [2.45, 2.75) is 24.3 Å². The van der Waals surface area contributed by atoms with Crippen LogP contribution >= 0.6 is 11.6 Å². The topological polar surface area (TPSA) is 86.8 Å². The standard InChI is InChI=1S/C24H34ClN3O4S2/c25-17-24-18-27(33(29,30)20-22-9-3-1-4-10-22)15-7-13-26-14-8-16-28(19-24)34(31,32)21-23-11-5-2-6-12-23/h1-6,9-12,24,26H,7-8,13-21H2. The van der Waals surface area contributed by atoms with Crippen molar-refractivity contribution in [1.29, 1.82) is 0 Å². The third kappa shape index (κ3) is 8.32. The van der Waals surface area contributed by atoms with Gasteiger partial charge in [-0.15, -0.1) is 11.6 Å². The average Bonchev–Trinajstić information content (AvgIpc) is 2.80. The van der Waals surface area contributed by atoms with Crippen LogP contribution in [-0.4, -0.2) is 70.6 Å². The molecule has 7 nitrogen and oxygen atoms in total. The number of alkyl halides is 1. The normalized spacial score (nSPS) is 18.7. The quantitative estimate of drug-likeness (QED) is 0.559. The Bertz CT molecular complexity index is 998. The zero-order valence-corrected chi connectivity index (χ0v) is 21.7. The maximum atomic E-state index is 13.3.